The molecule has 0 aliphatic carbocycles. The Hall–Kier alpha value is -2.57. The number of nitrogens with zero attached hydrogens (tertiary/aromatic N) is 2. The molecule has 1 aliphatic heterocycles. The average molecular weight is 362 g/mol. The fourth-order valence-electron chi connectivity index (χ4n) is 2.64. The van der Waals surface area contributed by atoms with Crippen molar-refractivity contribution in [2.24, 2.45) is 0 Å². The zero-order chi connectivity index (χ0) is 19.5. The smallest absolute Gasteiger partial charge is 0.410 e. The molecule has 0 spiro atoms. The van der Waals surface area contributed by atoms with E-state index in [0.29, 0.717) is 19.5 Å². The number of hydrogen-bond acceptors (Lipinski definition) is 5. The van der Waals surface area contributed by atoms with Gasteiger partial charge in [0.05, 0.1) is 11.0 Å². The highest BCUT2D eigenvalue weighted by atomic mass is 16.6. The summed E-state index contributed by atoms with van der Waals surface area (Å²) < 4.78 is 11.0. The average Bonchev–Trinajstić information content (AvgIpc) is 2.52. The van der Waals surface area contributed by atoms with Gasteiger partial charge in [-0.25, -0.2) is 4.79 Å². The maximum Gasteiger partial charge on any atom is 0.410 e. The van der Waals surface area contributed by atoms with Gasteiger partial charge in [-0.2, -0.15) is 0 Å². The second-order valence-electron chi connectivity index (χ2n) is 7.51. The zero-order valence-corrected chi connectivity index (χ0v) is 15.9. The Kier molecular flexibility index (Phi) is 5.90. The number of benzene rings is 1. The first kappa shape index (κ1) is 19.8. The Bertz CT molecular complexity index is 719. The molecular formula is C19H26N2O5. The summed E-state index contributed by atoms with van der Waals surface area (Å²) in [5.41, 5.74) is 1.33. The molecule has 1 aromatic rings. The third-order valence-corrected chi connectivity index (χ3v) is 3.75. The Morgan fingerprint density at radius 2 is 2.00 bits per heavy atom. The molecule has 0 atom stereocenters. The van der Waals surface area contributed by atoms with E-state index in [-0.39, 0.29) is 23.6 Å². The largest absolute Gasteiger partial charge is 0.484 e. The van der Waals surface area contributed by atoms with Crippen molar-refractivity contribution in [2.75, 3.05) is 13.1 Å². The molecule has 0 aromatic heterocycles. The van der Waals surface area contributed by atoms with E-state index in [2.05, 4.69) is 0 Å². The standard InChI is InChI=1S/C19H26N2O5/c1-13(2)25-17-12-15(6-7-16(17)21(23)24)14-8-10-20(11-9-14)18(22)26-19(3,4)5/h6-8,12-13H,9-11H2,1-5H3. The molecule has 26 heavy (non-hydrogen) atoms. The number of nitro groups is 1. The van der Waals surface area contributed by atoms with Gasteiger partial charge < -0.3 is 14.4 Å². The van der Waals surface area contributed by atoms with E-state index in [1.165, 1.54) is 6.07 Å². The maximum atomic E-state index is 12.1. The summed E-state index contributed by atoms with van der Waals surface area (Å²) in [5, 5.41) is 11.2. The van der Waals surface area contributed by atoms with E-state index < -0.39 is 10.5 Å². The van der Waals surface area contributed by atoms with E-state index in [1.54, 1.807) is 17.0 Å². The summed E-state index contributed by atoms with van der Waals surface area (Å²) in [5.74, 6) is 0.262. The fourth-order valence-corrected chi connectivity index (χ4v) is 2.64. The molecule has 0 N–H and O–H groups in total. The molecule has 0 saturated heterocycles. The minimum Gasteiger partial charge on any atom is -0.484 e. The molecule has 1 aliphatic rings. The van der Waals surface area contributed by atoms with Crippen LogP contribution in [-0.2, 0) is 4.74 Å². The summed E-state index contributed by atoms with van der Waals surface area (Å²) in [4.78, 5) is 24.5. The second kappa shape index (κ2) is 7.76. The number of ether oxygens (including phenoxy) is 2. The minimum absolute atomic E-state index is 0.0470. The zero-order valence-electron chi connectivity index (χ0n) is 15.9. The summed E-state index contributed by atoms with van der Waals surface area (Å²) in [6.45, 7) is 10.2. The van der Waals surface area contributed by atoms with E-state index >= 15 is 0 Å². The number of amides is 1. The molecule has 1 amide bonds. The van der Waals surface area contributed by atoms with Gasteiger partial charge in [0.15, 0.2) is 5.75 Å². The molecule has 1 aromatic carbocycles. The molecule has 7 nitrogen and oxygen atoms in total. The lowest BCUT2D eigenvalue weighted by atomic mass is 9.99. The van der Waals surface area contributed by atoms with Crippen LogP contribution in [0.2, 0.25) is 0 Å². The van der Waals surface area contributed by atoms with Gasteiger partial charge >= 0.3 is 11.8 Å². The van der Waals surface area contributed by atoms with Gasteiger partial charge in [0.1, 0.15) is 5.60 Å². The van der Waals surface area contributed by atoms with Crippen LogP contribution in [-0.4, -0.2) is 40.7 Å². The molecule has 142 valence electrons. The van der Waals surface area contributed by atoms with Crippen LogP contribution in [0.3, 0.4) is 0 Å². The Morgan fingerprint density at radius 1 is 1.31 bits per heavy atom. The number of carbonyl (C=O) groups excluding carboxylic acids is 1. The molecule has 0 fully saturated rings. The van der Waals surface area contributed by atoms with Crippen molar-refractivity contribution >= 4 is 17.4 Å². The van der Waals surface area contributed by atoms with Gasteiger partial charge in [-0.15, -0.1) is 0 Å². The number of rotatable bonds is 4. The molecule has 2 rings (SSSR count). The highest BCUT2D eigenvalue weighted by Crippen LogP contribution is 2.33. The van der Waals surface area contributed by atoms with Gasteiger partial charge in [0, 0.05) is 19.2 Å². The number of hydrogen-bond donors (Lipinski definition) is 0. The SMILES string of the molecule is CC(C)Oc1cc(C2=CCN(C(=O)OC(C)(C)C)CC2)ccc1[N+](=O)[O-]. The summed E-state index contributed by atoms with van der Waals surface area (Å²) in [6, 6.07) is 4.89. The van der Waals surface area contributed by atoms with Crippen LogP contribution in [0.4, 0.5) is 10.5 Å². The van der Waals surface area contributed by atoms with Crippen molar-refractivity contribution < 1.29 is 19.2 Å². The Labute approximate surface area is 153 Å². The van der Waals surface area contributed by atoms with Crippen molar-refractivity contribution in [1.82, 2.24) is 4.90 Å². The quantitative estimate of drug-likeness (QED) is 0.585. The van der Waals surface area contributed by atoms with Crippen LogP contribution in [0, 0.1) is 10.1 Å². The fraction of sp³-hybridized carbons (Fsp3) is 0.526. The maximum absolute atomic E-state index is 12.1. The van der Waals surface area contributed by atoms with E-state index in [1.807, 2.05) is 40.7 Å². The van der Waals surface area contributed by atoms with Crippen LogP contribution in [0.15, 0.2) is 24.3 Å². The predicted molar refractivity (Wildman–Crippen MR) is 99.3 cm³/mol. The molecule has 1 heterocycles. The third kappa shape index (κ3) is 5.21. The van der Waals surface area contributed by atoms with Crippen LogP contribution in [0.5, 0.6) is 5.75 Å². The van der Waals surface area contributed by atoms with E-state index in [0.717, 1.165) is 11.1 Å². The van der Waals surface area contributed by atoms with Crippen molar-refractivity contribution in [1.29, 1.82) is 0 Å². The number of nitro benzene ring substituents is 1. The van der Waals surface area contributed by atoms with Gasteiger partial charge in [-0.3, -0.25) is 10.1 Å². The summed E-state index contributed by atoms with van der Waals surface area (Å²) in [6.07, 6.45) is 2.11. The molecule has 0 radical (unpaired) electrons. The van der Waals surface area contributed by atoms with Crippen molar-refractivity contribution in [3.63, 3.8) is 0 Å². The van der Waals surface area contributed by atoms with Crippen LogP contribution < -0.4 is 4.74 Å². The van der Waals surface area contributed by atoms with Crippen molar-refractivity contribution in [3.05, 3.63) is 40.0 Å². The first-order valence-electron chi connectivity index (χ1n) is 8.69. The van der Waals surface area contributed by atoms with Gasteiger partial charge in [0.2, 0.25) is 0 Å². The minimum atomic E-state index is -0.525. The lowest BCUT2D eigenvalue weighted by molar-refractivity contribution is -0.386. The van der Waals surface area contributed by atoms with Crippen LogP contribution >= 0.6 is 0 Å². The lowest BCUT2D eigenvalue weighted by Crippen LogP contribution is -2.39. The van der Waals surface area contributed by atoms with E-state index in [4.69, 9.17) is 9.47 Å². The van der Waals surface area contributed by atoms with Gasteiger partial charge in [0.25, 0.3) is 0 Å². The highest BCUT2D eigenvalue weighted by molar-refractivity contribution is 5.74. The predicted octanol–water partition coefficient (Wildman–Crippen LogP) is 4.41. The topological polar surface area (TPSA) is 81.9 Å². The monoisotopic (exact) mass is 362 g/mol. The van der Waals surface area contributed by atoms with Crippen molar-refractivity contribution in [3.8, 4) is 5.75 Å². The number of carbonyl (C=O) groups is 1. The highest BCUT2D eigenvalue weighted by Gasteiger charge is 2.25. The molecule has 0 unspecified atom stereocenters. The van der Waals surface area contributed by atoms with Gasteiger partial charge in [-0.1, -0.05) is 6.08 Å². The van der Waals surface area contributed by atoms with Gasteiger partial charge in [-0.05, 0) is 64.3 Å². The first-order chi connectivity index (χ1) is 12.1. The molecule has 7 heteroatoms. The first-order valence-corrected chi connectivity index (χ1v) is 8.69. The Morgan fingerprint density at radius 3 is 2.50 bits per heavy atom. The van der Waals surface area contributed by atoms with E-state index in [9.17, 15) is 14.9 Å². The Balaban J connectivity index is 2.17. The lowest BCUT2D eigenvalue weighted by Gasteiger charge is -2.29. The third-order valence-electron chi connectivity index (χ3n) is 3.75. The summed E-state index contributed by atoms with van der Waals surface area (Å²) >= 11 is 0. The van der Waals surface area contributed by atoms with Crippen LogP contribution in [0.1, 0.15) is 46.6 Å². The molecule has 0 saturated carbocycles. The van der Waals surface area contributed by atoms with Crippen LogP contribution in [0.25, 0.3) is 5.57 Å². The summed E-state index contributed by atoms with van der Waals surface area (Å²) in [7, 11) is 0. The second-order valence-corrected chi connectivity index (χ2v) is 7.51. The molecule has 0 bridgehead atoms. The van der Waals surface area contributed by atoms with Crippen molar-refractivity contribution in [2.45, 2.75) is 52.7 Å². The molecular weight excluding hydrogens is 336 g/mol. The normalized spacial score (nSPS) is 14.8.